The summed E-state index contributed by atoms with van der Waals surface area (Å²) in [6.07, 6.45) is 8.11. The van der Waals surface area contributed by atoms with Gasteiger partial charge in [0.05, 0.1) is 12.0 Å². The zero-order valence-electron chi connectivity index (χ0n) is 20.4. The van der Waals surface area contributed by atoms with Crippen LogP contribution in [0.4, 0.5) is 0 Å². The highest BCUT2D eigenvalue weighted by Gasteiger charge is 2.42. The molecule has 0 saturated carbocycles. The van der Waals surface area contributed by atoms with E-state index in [2.05, 4.69) is 39.5 Å². The second kappa shape index (κ2) is 9.74. The lowest BCUT2D eigenvalue weighted by atomic mass is 9.73. The van der Waals surface area contributed by atoms with Crippen LogP contribution in [0.1, 0.15) is 49.1 Å². The fourth-order valence-corrected chi connectivity index (χ4v) is 5.54. The minimum Gasteiger partial charge on any atom is -0.491 e. The van der Waals surface area contributed by atoms with Gasteiger partial charge in [0.15, 0.2) is 5.65 Å². The van der Waals surface area contributed by atoms with E-state index in [-0.39, 0.29) is 5.41 Å². The first-order chi connectivity index (χ1) is 16.5. The number of hydrogen-bond acceptors (Lipinski definition) is 5. The summed E-state index contributed by atoms with van der Waals surface area (Å²) in [6.45, 7) is 5.90. The molecule has 3 aromatic rings. The van der Waals surface area contributed by atoms with E-state index in [4.69, 9.17) is 4.74 Å². The number of aryl methyl sites for hydroxylation is 2. The highest BCUT2D eigenvalue weighted by molar-refractivity contribution is 5.82. The molecule has 1 amide bonds. The van der Waals surface area contributed by atoms with Crippen LogP contribution in [0.3, 0.4) is 0 Å². The van der Waals surface area contributed by atoms with Crippen LogP contribution < -0.4 is 4.74 Å². The third kappa shape index (κ3) is 4.67. The third-order valence-electron chi connectivity index (χ3n) is 7.66. The molecule has 5 rings (SSSR count). The van der Waals surface area contributed by atoms with Crippen molar-refractivity contribution in [3.05, 3.63) is 59.5 Å². The number of ether oxygens (including phenoxy) is 1. The fraction of sp³-hybridized carbons (Fsp3) is 0.519. The number of pyridine rings is 1. The van der Waals surface area contributed by atoms with Gasteiger partial charge in [-0.15, -0.1) is 10.2 Å². The fourth-order valence-electron chi connectivity index (χ4n) is 5.54. The second-order valence-corrected chi connectivity index (χ2v) is 9.96. The lowest BCUT2D eigenvalue weighted by Gasteiger charge is -2.43. The summed E-state index contributed by atoms with van der Waals surface area (Å²) in [5.74, 6) is 2.17. The van der Waals surface area contributed by atoms with Gasteiger partial charge in [-0.25, -0.2) is 0 Å². The van der Waals surface area contributed by atoms with E-state index in [1.807, 2.05) is 41.5 Å². The molecular weight excluding hydrogens is 426 g/mol. The predicted octanol–water partition coefficient (Wildman–Crippen LogP) is 3.88. The maximum atomic E-state index is 13.6. The zero-order valence-corrected chi connectivity index (χ0v) is 20.4. The summed E-state index contributed by atoms with van der Waals surface area (Å²) in [5.41, 5.74) is 3.16. The Labute approximate surface area is 201 Å². The molecule has 0 atom stereocenters. The van der Waals surface area contributed by atoms with Gasteiger partial charge in [-0.05, 0) is 75.4 Å². The molecule has 0 unspecified atom stereocenters. The average molecular weight is 462 g/mol. The van der Waals surface area contributed by atoms with Crippen LogP contribution >= 0.6 is 0 Å². The summed E-state index contributed by atoms with van der Waals surface area (Å²) in [5, 5.41) is 8.34. The number of benzene rings is 1. The van der Waals surface area contributed by atoms with E-state index in [1.165, 1.54) is 11.1 Å². The van der Waals surface area contributed by atoms with Gasteiger partial charge in [0, 0.05) is 19.8 Å². The lowest BCUT2D eigenvalue weighted by Crippen LogP contribution is -2.50. The Morgan fingerprint density at radius 2 is 1.82 bits per heavy atom. The molecule has 7 nitrogen and oxygen atoms in total. The molecule has 2 aliphatic heterocycles. The second-order valence-electron chi connectivity index (χ2n) is 9.96. The predicted molar refractivity (Wildman–Crippen MR) is 132 cm³/mol. The molecule has 0 aliphatic carbocycles. The van der Waals surface area contributed by atoms with Crippen LogP contribution in [0, 0.1) is 12.3 Å². The summed E-state index contributed by atoms with van der Waals surface area (Å²) in [4.78, 5) is 18.0. The molecule has 34 heavy (non-hydrogen) atoms. The summed E-state index contributed by atoms with van der Waals surface area (Å²) >= 11 is 0. The van der Waals surface area contributed by atoms with Crippen molar-refractivity contribution in [3.8, 4) is 5.75 Å². The summed E-state index contributed by atoms with van der Waals surface area (Å²) in [6, 6.07) is 12.5. The van der Waals surface area contributed by atoms with Crippen molar-refractivity contribution in [2.75, 3.05) is 33.3 Å². The number of rotatable bonds is 2. The van der Waals surface area contributed by atoms with Gasteiger partial charge in [-0.1, -0.05) is 30.7 Å². The van der Waals surface area contributed by atoms with Crippen LogP contribution in [0.2, 0.25) is 0 Å². The SMILES string of the molecule is Cc1nnc2ccc(CN3CCC4(CCCCc5ccccc5OCCN(C)C4=O)CC3)cn12. The number of fused-ring (bicyclic) bond motifs is 2. The van der Waals surface area contributed by atoms with Crippen LogP contribution in [0.5, 0.6) is 5.75 Å². The largest absolute Gasteiger partial charge is 0.491 e. The number of nitrogens with zero attached hydrogens (tertiary/aromatic N) is 5. The molecule has 1 fully saturated rings. The molecule has 2 aromatic heterocycles. The molecule has 0 N–H and O–H groups in total. The first-order valence-corrected chi connectivity index (χ1v) is 12.5. The van der Waals surface area contributed by atoms with Crippen LogP contribution in [-0.2, 0) is 17.8 Å². The average Bonchev–Trinajstić information content (AvgIpc) is 3.22. The molecule has 7 heteroatoms. The first-order valence-electron chi connectivity index (χ1n) is 12.5. The summed E-state index contributed by atoms with van der Waals surface area (Å²) < 4.78 is 8.11. The van der Waals surface area contributed by atoms with Crippen LogP contribution in [0.25, 0.3) is 5.65 Å². The molecule has 1 saturated heterocycles. The maximum Gasteiger partial charge on any atom is 0.228 e. The summed E-state index contributed by atoms with van der Waals surface area (Å²) in [7, 11) is 1.94. The Morgan fingerprint density at radius 1 is 1.00 bits per heavy atom. The van der Waals surface area contributed by atoms with Crippen LogP contribution in [-0.4, -0.2) is 63.6 Å². The molecule has 2 aliphatic rings. The van der Waals surface area contributed by atoms with Crippen molar-refractivity contribution in [1.82, 2.24) is 24.4 Å². The van der Waals surface area contributed by atoms with E-state index in [9.17, 15) is 4.79 Å². The minimum absolute atomic E-state index is 0.251. The lowest BCUT2D eigenvalue weighted by molar-refractivity contribution is -0.145. The van der Waals surface area contributed by atoms with E-state index in [1.54, 1.807) is 0 Å². The molecular formula is C27H35N5O2. The van der Waals surface area contributed by atoms with Gasteiger partial charge in [0.1, 0.15) is 18.2 Å². The Balaban J connectivity index is 1.26. The van der Waals surface area contributed by atoms with Gasteiger partial charge in [0.25, 0.3) is 0 Å². The number of carbonyl (C=O) groups excluding carboxylic acids is 1. The maximum absolute atomic E-state index is 13.6. The smallest absolute Gasteiger partial charge is 0.228 e. The standard InChI is InChI=1S/C27H35N5O2/c1-21-28-29-25-11-10-22(20-32(21)25)19-31-15-13-27(14-16-31)12-6-5-8-23-7-3-4-9-24(23)34-18-17-30(2)26(27)33/h3-4,7,9-11,20H,5-6,8,12-19H2,1-2H3. The topological polar surface area (TPSA) is 63.0 Å². The molecule has 0 radical (unpaired) electrons. The number of hydrogen-bond donors (Lipinski definition) is 0. The number of para-hydroxylation sites is 1. The monoisotopic (exact) mass is 461 g/mol. The molecule has 1 spiro atoms. The van der Waals surface area contributed by atoms with Gasteiger partial charge in [-0.3, -0.25) is 14.1 Å². The van der Waals surface area contributed by atoms with E-state index in [0.717, 1.165) is 75.4 Å². The molecule has 1 aromatic carbocycles. The van der Waals surface area contributed by atoms with Crippen molar-refractivity contribution in [2.45, 2.75) is 52.0 Å². The zero-order chi connectivity index (χ0) is 23.5. The molecule has 4 heterocycles. The number of carbonyl (C=O) groups is 1. The van der Waals surface area contributed by atoms with Gasteiger partial charge < -0.3 is 9.64 Å². The van der Waals surface area contributed by atoms with Gasteiger partial charge in [0.2, 0.25) is 5.91 Å². The van der Waals surface area contributed by atoms with Crippen molar-refractivity contribution >= 4 is 11.6 Å². The van der Waals surface area contributed by atoms with E-state index < -0.39 is 0 Å². The Kier molecular flexibility index (Phi) is 6.55. The van der Waals surface area contributed by atoms with Crippen molar-refractivity contribution in [2.24, 2.45) is 5.41 Å². The Bertz CT molecular complexity index is 1150. The first kappa shape index (κ1) is 22.8. The van der Waals surface area contributed by atoms with Crippen LogP contribution in [0.15, 0.2) is 42.6 Å². The van der Waals surface area contributed by atoms with Gasteiger partial charge in [-0.2, -0.15) is 0 Å². The molecule has 0 bridgehead atoms. The Hall–Kier alpha value is -2.93. The number of piperidine rings is 1. The number of amides is 1. The normalized spacial score (nSPS) is 19.9. The minimum atomic E-state index is -0.251. The quantitative estimate of drug-likeness (QED) is 0.580. The highest BCUT2D eigenvalue weighted by atomic mass is 16.5. The van der Waals surface area contributed by atoms with Crippen molar-refractivity contribution in [1.29, 1.82) is 0 Å². The number of aromatic nitrogens is 3. The van der Waals surface area contributed by atoms with Crippen molar-refractivity contribution in [3.63, 3.8) is 0 Å². The van der Waals surface area contributed by atoms with E-state index in [0.29, 0.717) is 19.1 Å². The van der Waals surface area contributed by atoms with E-state index >= 15 is 0 Å². The number of likely N-dealkylation sites (tertiary alicyclic amines) is 1. The highest BCUT2D eigenvalue weighted by Crippen LogP contribution is 2.39. The van der Waals surface area contributed by atoms with Crippen molar-refractivity contribution < 1.29 is 9.53 Å². The third-order valence-corrected chi connectivity index (χ3v) is 7.66. The van der Waals surface area contributed by atoms with Gasteiger partial charge >= 0.3 is 0 Å². The molecule has 180 valence electrons. The Morgan fingerprint density at radius 3 is 2.68 bits per heavy atom. The number of likely N-dealkylation sites (N-methyl/N-ethyl adjacent to an activating group) is 1.